The summed E-state index contributed by atoms with van der Waals surface area (Å²) < 4.78 is 53.6. The van der Waals surface area contributed by atoms with Crippen molar-refractivity contribution in [2.45, 2.75) is 4.90 Å². The summed E-state index contributed by atoms with van der Waals surface area (Å²) in [6.45, 7) is 3.23. The summed E-state index contributed by atoms with van der Waals surface area (Å²) in [5.74, 6) is -3.71. The van der Waals surface area contributed by atoms with Crippen LogP contribution >= 0.6 is 0 Å². The van der Waals surface area contributed by atoms with E-state index in [4.69, 9.17) is 5.73 Å². The molecule has 2 rings (SSSR count). The van der Waals surface area contributed by atoms with Gasteiger partial charge in [0.25, 0.3) is 11.8 Å². The lowest BCUT2D eigenvalue weighted by atomic mass is 10.1. The fourth-order valence-electron chi connectivity index (χ4n) is 2.09. The van der Waals surface area contributed by atoms with Crippen LogP contribution in [0.3, 0.4) is 0 Å². The van der Waals surface area contributed by atoms with Gasteiger partial charge in [-0.15, -0.1) is 6.58 Å². The number of benzene rings is 2. The average Bonchev–Trinajstić information content (AvgIpc) is 2.61. The van der Waals surface area contributed by atoms with Crippen LogP contribution in [0.15, 0.2) is 53.9 Å². The van der Waals surface area contributed by atoms with E-state index >= 15 is 0 Å². The number of anilines is 1. The predicted octanol–water partition coefficient (Wildman–Crippen LogP) is 1.78. The number of carbonyl (C=O) groups is 2. The van der Waals surface area contributed by atoms with Gasteiger partial charge >= 0.3 is 0 Å². The normalized spacial score (nSPS) is 11.0. The molecule has 0 aromatic heterocycles. The van der Waals surface area contributed by atoms with Gasteiger partial charge in [-0.05, 0) is 36.4 Å². The second-order valence-electron chi connectivity index (χ2n) is 5.30. The number of halogens is 2. The molecule has 0 heterocycles. The van der Waals surface area contributed by atoms with Gasteiger partial charge < -0.3 is 11.1 Å². The van der Waals surface area contributed by atoms with E-state index in [2.05, 4.69) is 16.6 Å². The highest BCUT2D eigenvalue weighted by Crippen LogP contribution is 2.19. The first-order valence-corrected chi connectivity index (χ1v) is 8.95. The van der Waals surface area contributed by atoms with Crippen molar-refractivity contribution in [2.75, 3.05) is 11.9 Å². The Morgan fingerprint density at radius 2 is 1.78 bits per heavy atom. The van der Waals surface area contributed by atoms with Crippen molar-refractivity contribution in [3.05, 3.63) is 71.8 Å². The smallest absolute Gasteiger partial charge is 0.255 e. The maximum absolute atomic E-state index is 13.9. The molecule has 0 spiro atoms. The van der Waals surface area contributed by atoms with Gasteiger partial charge in [0, 0.05) is 17.8 Å². The van der Waals surface area contributed by atoms with Crippen LogP contribution in [0.5, 0.6) is 0 Å². The minimum atomic E-state index is -4.19. The number of primary amides is 1. The molecule has 0 aliphatic heterocycles. The lowest BCUT2D eigenvalue weighted by molar-refractivity contribution is 0.0992. The van der Waals surface area contributed by atoms with Gasteiger partial charge in [-0.2, -0.15) is 0 Å². The van der Waals surface area contributed by atoms with E-state index in [0.717, 1.165) is 30.3 Å². The molecule has 0 aliphatic carbocycles. The summed E-state index contributed by atoms with van der Waals surface area (Å²) in [6.07, 6.45) is 1.27. The number of sulfonamides is 1. The number of amides is 2. The Kier molecular flexibility index (Phi) is 6.03. The maximum Gasteiger partial charge on any atom is 0.255 e. The zero-order valence-electron chi connectivity index (χ0n) is 13.8. The molecular formula is C17H15F2N3O4S. The molecule has 0 saturated carbocycles. The third kappa shape index (κ3) is 4.74. The minimum Gasteiger partial charge on any atom is -0.366 e. The highest BCUT2D eigenvalue weighted by atomic mass is 32.2. The van der Waals surface area contributed by atoms with Gasteiger partial charge in [0.2, 0.25) is 10.0 Å². The summed E-state index contributed by atoms with van der Waals surface area (Å²) in [4.78, 5) is 22.8. The number of hydrogen-bond donors (Lipinski definition) is 3. The maximum atomic E-state index is 13.9. The molecule has 27 heavy (non-hydrogen) atoms. The quantitative estimate of drug-likeness (QED) is 0.619. The van der Waals surface area contributed by atoms with E-state index in [0.29, 0.717) is 0 Å². The van der Waals surface area contributed by atoms with Crippen molar-refractivity contribution in [1.29, 1.82) is 0 Å². The molecule has 10 heteroatoms. The summed E-state index contributed by atoms with van der Waals surface area (Å²) in [6, 6.07) is 5.92. The van der Waals surface area contributed by atoms with E-state index in [-0.39, 0.29) is 17.8 Å². The zero-order chi connectivity index (χ0) is 20.2. The van der Waals surface area contributed by atoms with Crippen molar-refractivity contribution in [2.24, 2.45) is 5.73 Å². The third-order valence-electron chi connectivity index (χ3n) is 3.39. The van der Waals surface area contributed by atoms with E-state index in [1.54, 1.807) is 0 Å². The molecule has 7 nitrogen and oxygen atoms in total. The summed E-state index contributed by atoms with van der Waals surface area (Å²) in [5, 5.41) is 2.35. The second-order valence-corrected chi connectivity index (χ2v) is 7.03. The van der Waals surface area contributed by atoms with E-state index in [1.807, 2.05) is 0 Å². The molecule has 142 valence electrons. The van der Waals surface area contributed by atoms with Crippen LogP contribution in [0.25, 0.3) is 0 Å². The molecular weight excluding hydrogens is 380 g/mol. The Balaban J connectivity index is 2.32. The fourth-order valence-corrected chi connectivity index (χ4v) is 3.19. The SMILES string of the molecule is C=CCNS(=O)(=O)c1cc(C(=O)Nc2ccc(F)c(C(N)=O)c2)ccc1F. The highest BCUT2D eigenvalue weighted by Gasteiger charge is 2.21. The number of hydrogen-bond acceptors (Lipinski definition) is 4. The zero-order valence-corrected chi connectivity index (χ0v) is 14.6. The first-order valence-electron chi connectivity index (χ1n) is 7.46. The van der Waals surface area contributed by atoms with Crippen LogP contribution in [0, 0.1) is 11.6 Å². The Morgan fingerprint density at radius 3 is 2.41 bits per heavy atom. The number of rotatable bonds is 7. The van der Waals surface area contributed by atoms with Crippen molar-refractivity contribution >= 4 is 27.5 Å². The van der Waals surface area contributed by atoms with Crippen LogP contribution in [0.2, 0.25) is 0 Å². The summed E-state index contributed by atoms with van der Waals surface area (Å²) in [5.41, 5.74) is 4.49. The van der Waals surface area contributed by atoms with E-state index < -0.39 is 43.9 Å². The molecule has 0 aliphatic rings. The second kappa shape index (κ2) is 8.06. The topological polar surface area (TPSA) is 118 Å². The van der Waals surface area contributed by atoms with Crippen molar-refractivity contribution in [1.82, 2.24) is 4.72 Å². The van der Waals surface area contributed by atoms with Crippen LogP contribution in [-0.2, 0) is 10.0 Å². The third-order valence-corrected chi connectivity index (χ3v) is 4.83. The van der Waals surface area contributed by atoms with E-state index in [9.17, 15) is 26.8 Å². The molecule has 4 N–H and O–H groups in total. The van der Waals surface area contributed by atoms with Gasteiger partial charge in [0.1, 0.15) is 16.5 Å². The number of nitrogens with one attached hydrogen (secondary N) is 2. The van der Waals surface area contributed by atoms with Crippen LogP contribution in [0.4, 0.5) is 14.5 Å². The largest absolute Gasteiger partial charge is 0.366 e. The van der Waals surface area contributed by atoms with Crippen LogP contribution < -0.4 is 15.8 Å². The monoisotopic (exact) mass is 395 g/mol. The van der Waals surface area contributed by atoms with Gasteiger partial charge in [0.15, 0.2) is 0 Å². The Hall–Kier alpha value is -3.11. The lowest BCUT2D eigenvalue weighted by Crippen LogP contribution is -2.25. The van der Waals surface area contributed by atoms with Crippen molar-refractivity contribution in [3.8, 4) is 0 Å². The van der Waals surface area contributed by atoms with Gasteiger partial charge in [-0.25, -0.2) is 21.9 Å². The first-order chi connectivity index (χ1) is 12.7. The summed E-state index contributed by atoms with van der Waals surface area (Å²) in [7, 11) is -4.19. The lowest BCUT2D eigenvalue weighted by Gasteiger charge is -2.10. The van der Waals surface area contributed by atoms with Gasteiger partial charge in [-0.3, -0.25) is 9.59 Å². The Bertz CT molecular complexity index is 1020. The predicted molar refractivity (Wildman–Crippen MR) is 94.7 cm³/mol. The molecule has 2 amide bonds. The van der Waals surface area contributed by atoms with Gasteiger partial charge in [0.05, 0.1) is 5.56 Å². The van der Waals surface area contributed by atoms with Crippen molar-refractivity contribution in [3.63, 3.8) is 0 Å². The summed E-state index contributed by atoms with van der Waals surface area (Å²) >= 11 is 0. The molecule has 0 saturated heterocycles. The molecule has 0 unspecified atom stereocenters. The minimum absolute atomic E-state index is 0.0497. The molecule has 0 atom stereocenters. The molecule has 2 aromatic carbocycles. The Labute approximate surface area is 153 Å². The Morgan fingerprint density at radius 1 is 1.11 bits per heavy atom. The van der Waals surface area contributed by atoms with Crippen LogP contribution in [0.1, 0.15) is 20.7 Å². The van der Waals surface area contributed by atoms with Crippen LogP contribution in [-0.4, -0.2) is 26.8 Å². The standard InChI is InChI=1S/C17H15F2N3O4S/c1-2-7-21-27(25,26)15-8-10(3-5-14(15)19)17(24)22-11-4-6-13(18)12(9-11)16(20)23/h2-6,8-9,21H,1,7H2,(H2,20,23)(H,22,24). The van der Waals surface area contributed by atoms with Gasteiger partial charge in [-0.1, -0.05) is 6.08 Å². The average molecular weight is 395 g/mol. The molecule has 2 aromatic rings. The number of carbonyl (C=O) groups excluding carboxylic acids is 2. The molecule has 0 fully saturated rings. The fraction of sp³-hybridized carbons (Fsp3) is 0.0588. The highest BCUT2D eigenvalue weighted by molar-refractivity contribution is 7.89. The molecule has 0 radical (unpaired) electrons. The molecule has 0 bridgehead atoms. The first kappa shape index (κ1) is 20.2. The number of nitrogens with two attached hydrogens (primary N) is 1. The van der Waals surface area contributed by atoms with E-state index in [1.165, 1.54) is 12.1 Å². The van der Waals surface area contributed by atoms with Crippen molar-refractivity contribution < 1.29 is 26.8 Å².